The molecule has 0 aromatic carbocycles. The van der Waals surface area contributed by atoms with E-state index < -0.39 is 44.8 Å². The summed E-state index contributed by atoms with van der Waals surface area (Å²) < 4.78 is 32.8. The number of ether oxygens (including phenoxy) is 2. The number of carbonyl (C=O) groups is 1. The van der Waals surface area contributed by atoms with E-state index in [1.807, 2.05) is 25.2 Å². The largest absolute Gasteiger partial charge is 0.498 e. The Morgan fingerprint density at radius 1 is 0.736 bits per heavy atom. The second-order valence-electron chi connectivity index (χ2n) is 13.1. The van der Waals surface area contributed by atoms with Crippen molar-refractivity contribution < 1.29 is 48.1 Å². The molecule has 1 unspecified atom stereocenters. The molecule has 0 heterocycles. The van der Waals surface area contributed by atoms with Gasteiger partial charge in [0, 0.05) is 13.0 Å². The van der Waals surface area contributed by atoms with Gasteiger partial charge >= 0.3 is 13.8 Å². The van der Waals surface area contributed by atoms with Crippen LogP contribution in [0.1, 0.15) is 129 Å². The molecule has 0 rings (SSSR count). The van der Waals surface area contributed by atoms with Gasteiger partial charge in [0.1, 0.15) is 6.61 Å². The number of esters is 1. The molecule has 0 bridgehead atoms. The van der Waals surface area contributed by atoms with E-state index in [0.717, 1.165) is 25.7 Å². The summed E-state index contributed by atoms with van der Waals surface area (Å²) in [6.07, 6.45) is 35.2. The van der Waals surface area contributed by atoms with Crippen molar-refractivity contribution in [1.29, 1.82) is 0 Å². The molecule has 0 fully saturated rings. The van der Waals surface area contributed by atoms with Gasteiger partial charge in [0.05, 0.1) is 37.8 Å². The summed E-state index contributed by atoms with van der Waals surface area (Å²) in [5, 5.41) is 30.4. The van der Waals surface area contributed by atoms with Gasteiger partial charge in [0.25, 0.3) is 0 Å². The molecule has 0 saturated carbocycles. The lowest BCUT2D eigenvalue weighted by atomic mass is 10.0. The highest BCUT2D eigenvalue weighted by molar-refractivity contribution is 7.47. The van der Waals surface area contributed by atoms with Crippen LogP contribution in [0.15, 0.2) is 73.1 Å². The van der Waals surface area contributed by atoms with Crippen LogP contribution in [0.2, 0.25) is 0 Å². The summed E-state index contributed by atoms with van der Waals surface area (Å²) in [6.45, 7) is 3.62. The molecule has 0 amide bonds. The lowest BCUT2D eigenvalue weighted by Gasteiger charge is -2.19. The van der Waals surface area contributed by atoms with Crippen molar-refractivity contribution in [2.45, 2.75) is 154 Å². The smallest absolute Gasteiger partial charge is 0.472 e. The van der Waals surface area contributed by atoms with Crippen molar-refractivity contribution in [3.8, 4) is 0 Å². The van der Waals surface area contributed by atoms with Gasteiger partial charge in [-0.3, -0.25) is 13.8 Å². The van der Waals surface area contributed by atoms with E-state index in [0.29, 0.717) is 6.42 Å². The molecule has 0 spiro atoms. The maximum Gasteiger partial charge on any atom is 0.472 e. The molecule has 5 atom stereocenters. The average molecular weight is 770 g/mol. The zero-order chi connectivity index (χ0) is 39.3. The van der Waals surface area contributed by atoms with Crippen LogP contribution >= 0.6 is 7.82 Å². The van der Waals surface area contributed by atoms with Crippen LogP contribution in [-0.4, -0.2) is 77.0 Å². The first kappa shape index (κ1) is 50.7. The molecule has 306 valence electrons. The molecule has 53 heavy (non-hydrogen) atoms. The SMILES string of the molecule is CC/C=C\C[C@H](O)/C=C/C=C/C=C\C=C/[C@@H](O)[C@H](O)CCCC(=O)O[C@H](CO/C=C/CCCCCCCCCCCCCC)COP(=O)(O)OCCN. The monoisotopic (exact) mass is 769 g/mol. The molecule has 0 aromatic heterocycles. The van der Waals surface area contributed by atoms with Crippen molar-refractivity contribution in [3.63, 3.8) is 0 Å². The van der Waals surface area contributed by atoms with Crippen LogP contribution in [0.4, 0.5) is 0 Å². The summed E-state index contributed by atoms with van der Waals surface area (Å²) in [4.78, 5) is 22.4. The van der Waals surface area contributed by atoms with E-state index in [2.05, 4.69) is 6.92 Å². The third-order valence-electron chi connectivity index (χ3n) is 8.04. The van der Waals surface area contributed by atoms with Crippen molar-refractivity contribution in [1.82, 2.24) is 0 Å². The van der Waals surface area contributed by atoms with Crippen molar-refractivity contribution in [2.24, 2.45) is 5.73 Å². The van der Waals surface area contributed by atoms with E-state index in [1.165, 1.54) is 76.5 Å². The summed E-state index contributed by atoms with van der Waals surface area (Å²) in [7, 11) is -4.39. The predicted molar refractivity (Wildman–Crippen MR) is 214 cm³/mol. The van der Waals surface area contributed by atoms with Crippen LogP contribution in [0.25, 0.3) is 0 Å². The highest BCUT2D eigenvalue weighted by Crippen LogP contribution is 2.43. The molecule has 6 N–H and O–H groups in total. The second kappa shape index (κ2) is 36.6. The second-order valence-corrected chi connectivity index (χ2v) is 14.5. The third kappa shape index (κ3) is 35.1. The Labute approximate surface area is 320 Å². The summed E-state index contributed by atoms with van der Waals surface area (Å²) >= 11 is 0. The van der Waals surface area contributed by atoms with Crippen LogP contribution in [0.5, 0.6) is 0 Å². The Morgan fingerprint density at radius 2 is 1.34 bits per heavy atom. The van der Waals surface area contributed by atoms with Crippen LogP contribution in [-0.2, 0) is 27.9 Å². The van der Waals surface area contributed by atoms with Gasteiger partial charge < -0.3 is 35.4 Å². The lowest BCUT2D eigenvalue weighted by molar-refractivity contribution is -0.153. The highest BCUT2D eigenvalue weighted by atomic mass is 31.2. The number of aliphatic hydroxyl groups is 3. The van der Waals surface area contributed by atoms with Gasteiger partial charge in [-0.25, -0.2) is 4.57 Å². The van der Waals surface area contributed by atoms with Crippen LogP contribution in [0, 0.1) is 0 Å². The van der Waals surface area contributed by atoms with Gasteiger partial charge in [-0.1, -0.05) is 145 Å². The van der Waals surface area contributed by atoms with E-state index in [1.54, 1.807) is 42.5 Å². The number of allylic oxidation sites excluding steroid dienone is 8. The maximum absolute atomic E-state index is 12.6. The molecule has 0 aliphatic heterocycles. The van der Waals surface area contributed by atoms with Crippen molar-refractivity contribution in [3.05, 3.63) is 73.1 Å². The Morgan fingerprint density at radius 3 is 1.96 bits per heavy atom. The summed E-state index contributed by atoms with van der Waals surface area (Å²) in [6, 6.07) is 0. The number of phosphoric ester groups is 1. The number of nitrogens with two attached hydrogens (primary N) is 1. The topological polar surface area (TPSA) is 178 Å². The van der Waals surface area contributed by atoms with Crippen molar-refractivity contribution in [2.75, 3.05) is 26.4 Å². The Balaban J connectivity index is 4.52. The zero-order valence-electron chi connectivity index (χ0n) is 32.6. The number of phosphoric acid groups is 1. The molecule has 12 heteroatoms. The quantitative estimate of drug-likeness (QED) is 0.0103. The van der Waals surface area contributed by atoms with E-state index in [-0.39, 0.29) is 39.0 Å². The van der Waals surface area contributed by atoms with E-state index in [4.69, 9.17) is 24.3 Å². The first-order valence-corrected chi connectivity index (χ1v) is 21.3. The number of aliphatic hydroxyl groups excluding tert-OH is 3. The Bertz CT molecular complexity index is 1090. The molecule has 0 aliphatic carbocycles. The fourth-order valence-electron chi connectivity index (χ4n) is 5.01. The number of carbonyl (C=O) groups excluding carboxylic acids is 1. The molecular formula is C41H72NO10P. The molecule has 0 saturated heterocycles. The Hall–Kier alpha value is -2.34. The molecular weight excluding hydrogens is 697 g/mol. The first-order chi connectivity index (χ1) is 25.6. The number of unbranched alkanes of at least 4 members (excludes halogenated alkanes) is 12. The molecule has 11 nitrogen and oxygen atoms in total. The van der Waals surface area contributed by atoms with Crippen LogP contribution in [0.3, 0.4) is 0 Å². The number of hydrogen-bond acceptors (Lipinski definition) is 10. The first-order valence-electron chi connectivity index (χ1n) is 19.8. The van der Waals surface area contributed by atoms with Crippen molar-refractivity contribution >= 4 is 13.8 Å². The van der Waals surface area contributed by atoms with E-state index in [9.17, 15) is 29.6 Å². The summed E-state index contributed by atoms with van der Waals surface area (Å²) in [5.41, 5.74) is 5.33. The summed E-state index contributed by atoms with van der Waals surface area (Å²) in [5.74, 6) is -0.607. The van der Waals surface area contributed by atoms with E-state index >= 15 is 0 Å². The molecule has 0 aliphatic rings. The zero-order valence-corrected chi connectivity index (χ0v) is 33.5. The van der Waals surface area contributed by atoms with Gasteiger partial charge in [-0.2, -0.15) is 0 Å². The molecule has 0 radical (unpaired) electrons. The normalized spacial score (nSPS) is 16.1. The number of hydrogen-bond donors (Lipinski definition) is 5. The Kier molecular flexibility index (Phi) is 35.0. The minimum atomic E-state index is -4.39. The molecule has 0 aromatic rings. The number of rotatable bonds is 36. The fourth-order valence-corrected chi connectivity index (χ4v) is 5.77. The fraction of sp³-hybridized carbons (Fsp3) is 0.683. The average Bonchev–Trinajstić information content (AvgIpc) is 3.13. The third-order valence-corrected chi connectivity index (χ3v) is 9.03. The maximum atomic E-state index is 12.6. The predicted octanol–water partition coefficient (Wildman–Crippen LogP) is 8.45. The van der Waals surface area contributed by atoms with Gasteiger partial charge in [0.15, 0.2) is 6.10 Å². The lowest BCUT2D eigenvalue weighted by Crippen LogP contribution is -2.28. The minimum absolute atomic E-state index is 0.0336. The minimum Gasteiger partial charge on any atom is -0.498 e. The standard InChI is InChI=1S/C41H72NO10P/c1-3-5-7-8-9-10-11-12-13-14-15-18-21-25-33-49-35-38(36-51-53(47,48)50-34-32-42)52-41(46)31-26-30-40(45)39(44)29-24-20-17-16-19-23-28-37(43)27-22-6-4-2/h6,16-17,19-20,22-25,28-29,33,37-40,43-45H,3-5,7-15,18,21,26-27,30-32,34-36,42H2,1-2H3,(H,47,48)/b19-16+,20-17-,22-6-,28-23+,29-24-,33-25+/t37-,38+,39+,40+/m0/s1. The highest BCUT2D eigenvalue weighted by Gasteiger charge is 2.25. The van der Waals surface area contributed by atoms with Gasteiger partial charge in [-0.15, -0.1) is 0 Å². The van der Waals surface area contributed by atoms with Gasteiger partial charge in [0.2, 0.25) is 0 Å². The van der Waals surface area contributed by atoms with Crippen LogP contribution < -0.4 is 5.73 Å². The van der Waals surface area contributed by atoms with Gasteiger partial charge in [-0.05, 0) is 44.6 Å².